The number of aromatic carboxylic acids is 1. The van der Waals surface area contributed by atoms with Gasteiger partial charge >= 0.3 is 12.1 Å². The Bertz CT molecular complexity index is 1710. The molecule has 0 bridgehead atoms. The highest BCUT2D eigenvalue weighted by atomic mass is 16.6. The summed E-state index contributed by atoms with van der Waals surface area (Å²) in [4.78, 5) is 30.6. The minimum absolute atomic E-state index is 0.112. The molecule has 0 radical (unpaired) electrons. The molecule has 1 N–H and O–H groups in total. The first-order valence-corrected chi connectivity index (χ1v) is 16.0. The van der Waals surface area contributed by atoms with Gasteiger partial charge in [-0.3, -0.25) is 0 Å². The van der Waals surface area contributed by atoms with Crippen molar-refractivity contribution in [3.05, 3.63) is 94.3 Å². The standard InChI is InChI=1S/C36H40N4O5/c1-4-23-21-26(14-15-27(23)24-17-19-39(20-18-24)36(43)44-6-3)45-32-16-13-25-9-7-10-28(34(25)32)30-11-8-12-33(38-30)40-31(5-2)29(22-37-40)35(41)42/h7-12,14-15,21-22,24,32H,4-6,13,16-20H2,1-3H3,(H,41,42). The fraction of sp³-hybridized carbons (Fsp3) is 0.389. The average Bonchev–Trinajstić information content (AvgIpc) is 3.69. The molecule has 45 heavy (non-hydrogen) atoms. The molecular weight excluding hydrogens is 568 g/mol. The van der Waals surface area contributed by atoms with Crippen molar-refractivity contribution in [2.45, 2.75) is 71.3 Å². The third kappa shape index (κ3) is 6.03. The van der Waals surface area contributed by atoms with Gasteiger partial charge in [0.25, 0.3) is 0 Å². The Labute approximate surface area is 263 Å². The molecule has 2 aromatic heterocycles. The highest BCUT2D eigenvalue weighted by Gasteiger charge is 2.30. The molecule has 0 spiro atoms. The van der Waals surface area contributed by atoms with Gasteiger partial charge in [0, 0.05) is 24.2 Å². The number of ether oxygens (including phenoxy) is 2. The van der Waals surface area contributed by atoms with Gasteiger partial charge in [-0.1, -0.05) is 44.2 Å². The lowest BCUT2D eigenvalue weighted by Crippen LogP contribution is -2.38. The molecular formula is C36H40N4O5. The first kappa shape index (κ1) is 30.4. The lowest BCUT2D eigenvalue weighted by atomic mass is 9.86. The second-order valence-electron chi connectivity index (χ2n) is 11.7. The molecule has 1 saturated heterocycles. The number of hydrogen-bond acceptors (Lipinski definition) is 6. The van der Waals surface area contributed by atoms with E-state index in [-0.39, 0.29) is 17.8 Å². The Balaban J connectivity index is 1.24. The van der Waals surface area contributed by atoms with Crippen LogP contribution in [0.5, 0.6) is 5.75 Å². The van der Waals surface area contributed by atoms with E-state index in [2.05, 4.69) is 48.4 Å². The van der Waals surface area contributed by atoms with E-state index in [0.29, 0.717) is 43.5 Å². The van der Waals surface area contributed by atoms with Crippen LogP contribution in [-0.4, -0.2) is 56.5 Å². The van der Waals surface area contributed by atoms with Crippen molar-refractivity contribution in [3.8, 4) is 22.8 Å². The van der Waals surface area contributed by atoms with E-state index < -0.39 is 5.97 Å². The molecule has 2 aromatic carbocycles. The maximum Gasteiger partial charge on any atom is 0.409 e. The van der Waals surface area contributed by atoms with E-state index in [1.807, 2.05) is 36.9 Å². The highest BCUT2D eigenvalue weighted by Crippen LogP contribution is 2.42. The Morgan fingerprint density at radius 1 is 0.978 bits per heavy atom. The second-order valence-corrected chi connectivity index (χ2v) is 11.7. The van der Waals surface area contributed by atoms with Gasteiger partial charge in [-0.05, 0) is 92.3 Å². The van der Waals surface area contributed by atoms with Gasteiger partial charge in [0.15, 0.2) is 5.82 Å². The second kappa shape index (κ2) is 13.1. The molecule has 1 atom stereocenters. The van der Waals surface area contributed by atoms with Crippen LogP contribution < -0.4 is 4.74 Å². The molecule has 6 rings (SSSR count). The van der Waals surface area contributed by atoms with Crippen molar-refractivity contribution < 1.29 is 24.2 Å². The van der Waals surface area contributed by atoms with Crippen molar-refractivity contribution in [3.63, 3.8) is 0 Å². The summed E-state index contributed by atoms with van der Waals surface area (Å²) < 4.78 is 13.5. The quantitative estimate of drug-likeness (QED) is 0.215. The van der Waals surface area contributed by atoms with Crippen LogP contribution in [0.4, 0.5) is 4.79 Å². The number of carbonyl (C=O) groups excluding carboxylic acids is 1. The number of carboxylic acids is 1. The molecule has 1 amide bonds. The van der Waals surface area contributed by atoms with Gasteiger partial charge in [0.1, 0.15) is 17.4 Å². The van der Waals surface area contributed by atoms with E-state index in [1.165, 1.54) is 22.9 Å². The third-order valence-corrected chi connectivity index (χ3v) is 9.09. The van der Waals surface area contributed by atoms with Gasteiger partial charge in [-0.25, -0.2) is 19.3 Å². The fourth-order valence-electron chi connectivity index (χ4n) is 6.88. The smallest absolute Gasteiger partial charge is 0.409 e. The van der Waals surface area contributed by atoms with Crippen LogP contribution in [0.25, 0.3) is 17.1 Å². The first-order valence-electron chi connectivity index (χ1n) is 16.0. The number of hydrogen-bond donors (Lipinski definition) is 1. The lowest BCUT2D eigenvalue weighted by molar-refractivity contribution is 0.0695. The van der Waals surface area contributed by atoms with Crippen LogP contribution in [0, 0.1) is 0 Å². The molecule has 3 heterocycles. The van der Waals surface area contributed by atoms with E-state index >= 15 is 0 Å². The summed E-state index contributed by atoms with van der Waals surface area (Å²) >= 11 is 0. The number of aromatic nitrogens is 3. The topological polar surface area (TPSA) is 107 Å². The molecule has 1 unspecified atom stereocenters. The largest absolute Gasteiger partial charge is 0.486 e. The molecule has 234 valence electrons. The zero-order valence-electron chi connectivity index (χ0n) is 26.2. The minimum atomic E-state index is -0.992. The van der Waals surface area contributed by atoms with Crippen molar-refractivity contribution in [1.29, 1.82) is 0 Å². The number of pyridine rings is 1. The van der Waals surface area contributed by atoms with Gasteiger partial charge in [0.05, 0.1) is 24.2 Å². The van der Waals surface area contributed by atoms with Crippen LogP contribution in [0.2, 0.25) is 0 Å². The van der Waals surface area contributed by atoms with Gasteiger partial charge in [-0.2, -0.15) is 5.10 Å². The van der Waals surface area contributed by atoms with Crippen molar-refractivity contribution in [2.24, 2.45) is 0 Å². The summed E-state index contributed by atoms with van der Waals surface area (Å²) in [7, 11) is 0. The Hall–Kier alpha value is -4.66. The Morgan fingerprint density at radius 3 is 2.51 bits per heavy atom. The first-order chi connectivity index (χ1) is 21.9. The molecule has 1 fully saturated rings. The van der Waals surface area contributed by atoms with E-state index in [0.717, 1.165) is 54.7 Å². The monoisotopic (exact) mass is 608 g/mol. The minimum Gasteiger partial charge on any atom is -0.486 e. The maximum atomic E-state index is 12.2. The van der Waals surface area contributed by atoms with Crippen LogP contribution in [0.15, 0.2) is 60.8 Å². The number of carboxylic acid groups (broad SMARTS) is 1. The number of nitrogens with zero attached hydrogens (tertiary/aromatic N) is 4. The number of benzene rings is 2. The maximum absolute atomic E-state index is 12.2. The van der Waals surface area contributed by atoms with Crippen molar-refractivity contribution in [1.82, 2.24) is 19.7 Å². The predicted molar refractivity (Wildman–Crippen MR) is 171 cm³/mol. The molecule has 9 heteroatoms. The number of piperidine rings is 1. The van der Waals surface area contributed by atoms with Crippen LogP contribution in [0.3, 0.4) is 0 Å². The predicted octanol–water partition coefficient (Wildman–Crippen LogP) is 7.16. The fourth-order valence-corrected chi connectivity index (χ4v) is 6.88. The van der Waals surface area contributed by atoms with Crippen molar-refractivity contribution >= 4 is 12.1 Å². The van der Waals surface area contributed by atoms with E-state index in [1.54, 1.807) is 4.68 Å². The molecule has 1 aliphatic carbocycles. The normalized spacial score (nSPS) is 16.4. The number of aryl methyl sites for hydroxylation is 2. The molecule has 0 saturated carbocycles. The van der Waals surface area contributed by atoms with E-state index in [9.17, 15) is 14.7 Å². The van der Waals surface area contributed by atoms with E-state index in [4.69, 9.17) is 14.5 Å². The van der Waals surface area contributed by atoms with Gasteiger partial charge in [0.2, 0.25) is 0 Å². The number of fused-ring (bicyclic) bond motifs is 1. The summed E-state index contributed by atoms with van der Waals surface area (Å²) in [6, 6.07) is 18.6. The number of amides is 1. The highest BCUT2D eigenvalue weighted by molar-refractivity contribution is 5.88. The van der Waals surface area contributed by atoms with Crippen molar-refractivity contribution in [2.75, 3.05) is 19.7 Å². The van der Waals surface area contributed by atoms with Crippen LogP contribution >= 0.6 is 0 Å². The summed E-state index contributed by atoms with van der Waals surface area (Å²) in [5.74, 6) is 0.862. The summed E-state index contributed by atoms with van der Waals surface area (Å²) in [5, 5.41) is 14.0. The van der Waals surface area contributed by atoms with Gasteiger partial charge in [-0.15, -0.1) is 0 Å². The molecule has 4 aromatic rings. The van der Waals surface area contributed by atoms with Crippen LogP contribution in [-0.2, 0) is 24.0 Å². The Morgan fingerprint density at radius 2 is 1.78 bits per heavy atom. The third-order valence-electron chi connectivity index (χ3n) is 9.09. The molecule has 2 aliphatic rings. The molecule has 1 aliphatic heterocycles. The lowest BCUT2D eigenvalue weighted by Gasteiger charge is -2.32. The summed E-state index contributed by atoms with van der Waals surface area (Å²) in [6.07, 6.45) is 6.14. The number of rotatable bonds is 9. The zero-order chi connectivity index (χ0) is 31.5. The molecule has 9 nitrogen and oxygen atoms in total. The average molecular weight is 609 g/mol. The number of carbonyl (C=O) groups is 2. The van der Waals surface area contributed by atoms with Gasteiger partial charge < -0.3 is 19.5 Å². The number of likely N-dealkylation sites (tertiary alicyclic amines) is 1. The SMILES string of the molecule is CCOC(=O)N1CCC(c2ccc(OC3CCc4cccc(-c5cccc(-n6ncc(C(=O)O)c6CC)n5)c43)cc2CC)CC1. The van der Waals surface area contributed by atoms with Crippen LogP contribution in [0.1, 0.15) is 90.4 Å². The zero-order valence-corrected chi connectivity index (χ0v) is 26.2. The summed E-state index contributed by atoms with van der Waals surface area (Å²) in [5.41, 5.74) is 7.66. The summed E-state index contributed by atoms with van der Waals surface area (Å²) in [6.45, 7) is 7.76. The Kier molecular flexibility index (Phi) is 8.87.